The van der Waals surface area contributed by atoms with Crippen molar-refractivity contribution in [3.8, 4) is 0 Å². The second kappa shape index (κ2) is 5.62. The van der Waals surface area contributed by atoms with Crippen LogP contribution in [0.1, 0.15) is 29.3 Å². The van der Waals surface area contributed by atoms with Gasteiger partial charge in [0.25, 0.3) is 5.91 Å². The standard InChI is InChI=1S/C14H17BrClNO/c1-9-5-6-17(13(9)8-15)14(18)11-3-4-12(16)10(2)7-11/h3-4,7,9,13H,5-6,8H2,1-2H3. The number of likely N-dealkylation sites (tertiary alicyclic amines) is 1. The van der Waals surface area contributed by atoms with E-state index < -0.39 is 0 Å². The number of rotatable bonds is 2. The fourth-order valence-electron chi connectivity index (χ4n) is 2.44. The molecule has 0 radical (unpaired) electrons. The third kappa shape index (κ3) is 2.57. The van der Waals surface area contributed by atoms with Crippen LogP contribution in [0.15, 0.2) is 18.2 Å². The molecule has 1 amide bonds. The molecule has 1 aliphatic rings. The minimum Gasteiger partial charge on any atom is -0.335 e. The lowest BCUT2D eigenvalue weighted by molar-refractivity contribution is 0.0738. The fourth-order valence-corrected chi connectivity index (χ4v) is 3.54. The molecule has 1 saturated heterocycles. The van der Waals surface area contributed by atoms with Crippen molar-refractivity contribution in [2.45, 2.75) is 26.3 Å². The highest BCUT2D eigenvalue weighted by atomic mass is 79.9. The van der Waals surface area contributed by atoms with E-state index in [1.807, 2.05) is 24.0 Å². The Hall–Kier alpha value is -0.540. The second-order valence-corrected chi connectivity index (χ2v) is 6.00. The molecule has 4 heteroatoms. The highest BCUT2D eigenvalue weighted by Crippen LogP contribution is 2.27. The largest absolute Gasteiger partial charge is 0.335 e. The van der Waals surface area contributed by atoms with E-state index in [4.69, 9.17) is 11.6 Å². The van der Waals surface area contributed by atoms with Gasteiger partial charge in [-0.25, -0.2) is 0 Å². The maximum absolute atomic E-state index is 12.5. The maximum atomic E-state index is 12.5. The van der Waals surface area contributed by atoms with Crippen molar-refractivity contribution < 1.29 is 4.79 Å². The SMILES string of the molecule is Cc1cc(C(=O)N2CCC(C)C2CBr)ccc1Cl. The molecule has 2 nitrogen and oxygen atoms in total. The molecule has 1 aliphatic heterocycles. The van der Waals surface area contributed by atoms with Gasteiger partial charge in [0.2, 0.25) is 0 Å². The lowest BCUT2D eigenvalue weighted by Gasteiger charge is -2.25. The molecule has 2 atom stereocenters. The van der Waals surface area contributed by atoms with E-state index in [1.54, 1.807) is 6.07 Å². The van der Waals surface area contributed by atoms with Gasteiger partial charge < -0.3 is 4.90 Å². The summed E-state index contributed by atoms with van der Waals surface area (Å²) in [5.74, 6) is 0.672. The molecule has 98 valence electrons. The summed E-state index contributed by atoms with van der Waals surface area (Å²) in [4.78, 5) is 14.5. The molecular weight excluding hydrogens is 314 g/mol. The van der Waals surface area contributed by atoms with Gasteiger partial charge in [0, 0.05) is 28.5 Å². The number of benzene rings is 1. The molecule has 0 N–H and O–H groups in total. The predicted molar refractivity (Wildman–Crippen MR) is 78.6 cm³/mol. The van der Waals surface area contributed by atoms with E-state index in [9.17, 15) is 4.79 Å². The van der Waals surface area contributed by atoms with Gasteiger partial charge in [0.05, 0.1) is 0 Å². The molecule has 1 heterocycles. The number of halogens is 2. The van der Waals surface area contributed by atoms with Crippen LogP contribution in [-0.2, 0) is 0 Å². The van der Waals surface area contributed by atoms with Crippen LogP contribution < -0.4 is 0 Å². The van der Waals surface area contributed by atoms with Crippen molar-refractivity contribution in [2.24, 2.45) is 5.92 Å². The van der Waals surface area contributed by atoms with Gasteiger partial charge in [-0.2, -0.15) is 0 Å². The van der Waals surface area contributed by atoms with Crippen molar-refractivity contribution in [1.29, 1.82) is 0 Å². The molecule has 0 aromatic heterocycles. The third-order valence-corrected chi connectivity index (χ3v) is 4.79. The number of amides is 1. The summed E-state index contributed by atoms with van der Waals surface area (Å²) in [6, 6.07) is 5.78. The minimum atomic E-state index is 0.114. The summed E-state index contributed by atoms with van der Waals surface area (Å²) in [5.41, 5.74) is 1.68. The Balaban J connectivity index is 2.23. The van der Waals surface area contributed by atoms with Gasteiger partial charge in [-0.05, 0) is 43.0 Å². The van der Waals surface area contributed by atoms with Gasteiger partial charge in [-0.3, -0.25) is 4.79 Å². The molecule has 18 heavy (non-hydrogen) atoms. The fraction of sp³-hybridized carbons (Fsp3) is 0.500. The number of alkyl halides is 1. The summed E-state index contributed by atoms with van der Waals surface area (Å²) in [6.45, 7) is 4.97. The quantitative estimate of drug-likeness (QED) is 0.753. The second-order valence-electron chi connectivity index (χ2n) is 4.95. The summed E-state index contributed by atoms with van der Waals surface area (Å²) < 4.78 is 0. The first-order chi connectivity index (χ1) is 8.54. The van der Waals surface area contributed by atoms with Crippen molar-refractivity contribution in [2.75, 3.05) is 11.9 Å². The van der Waals surface area contributed by atoms with Gasteiger partial charge in [0.15, 0.2) is 0 Å². The van der Waals surface area contributed by atoms with Gasteiger partial charge in [0.1, 0.15) is 0 Å². The normalized spacial score (nSPS) is 23.4. The van der Waals surface area contributed by atoms with E-state index in [1.165, 1.54) is 0 Å². The molecule has 0 spiro atoms. The van der Waals surface area contributed by atoms with Crippen LogP contribution in [0, 0.1) is 12.8 Å². The monoisotopic (exact) mass is 329 g/mol. The average molecular weight is 331 g/mol. The van der Waals surface area contributed by atoms with Crippen molar-refractivity contribution in [3.05, 3.63) is 34.3 Å². The maximum Gasteiger partial charge on any atom is 0.254 e. The van der Waals surface area contributed by atoms with Gasteiger partial charge >= 0.3 is 0 Å². The predicted octanol–water partition coefficient (Wildman–Crippen LogP) is 3.89. The van der Waals surface area contributed by atoms with Crippen molar-refractivity contribution in [3.63, 3.8) is 0 Å². The van der Waals surface area contributed by atoms with E-state index in [2.05, 4.69) is 22.9 Å². The zero-order valence-corrected chi connectivity index (χ0v) is 13.0. The first-order valence-electron chi connectivity index (χ1n) is 6.17. The first-order valence-corrected chi connectivity index (χ1v) is 7.67. The third-order valence-electron chi connectivity index (χ3n) is 3.71. The Morgan fingerprint density at radius 2 is 2.28 bits per heavy atom. The molecule has 1 fully saturated rings. The first kappa shape index (κ1) is 13.9. The van der Waals surface area contributed by atoms with Gasteiger partial charge in [-0.1, -0.05) is 34.5 Å². The molecule has 0 bridgehead atoms. The Morgan fingerprint density at radius 3 is 2.89 bits per heavy atom. The van der Waals surface area contributed by atoms with Crippen LogP contribution >= 0.6 is 27.5 Å². The highest BCUT2D eigenvalue weighted by Gasteiger charge is 2.33. The number of carbonyl (C=O) groups excluding carboxylic acids is 1. The van der Waals surface area contributed by atoms with Crippen LogP contribution in [0.25, 0.3) is 0 Å². The number of hydrogen-bond acceptors (Lipinski definition) is 1. The zero-order valence-electron chi connectivity index (χ0n) is 10.6. The van der Waals surface area contributed by atoms with Crippen LogP contribution in [0.5, 0.6) is 0 Å². The molecule has 1 aromatic rings. The topological polar surface area (TPSA) is 20.3 Å². The Morgan fingerprint density at radius 1 is 1.56 bits per heavy atom. The van der Waals surface area contributed by atoms with Crippen LogP contribution in [0.3, 0.4) is 0 Å². The minimum absolute atomic E-state index is 0.114. The summed E-state index contributed by atoms with van der Waals surface area (Å²) in [7, 11) is 0. The van der Waals surface area contributed by atoms with Crippen molar-refractivity contribution >= 4 is 33.4 Å². The number of nitrogens with zero attached hydrogens (tertiary/aromatic N) is 1. The molecule has 1 aromatic carbocycles. The Bertz CT molecular complexity index is 463. The van der Waals surface area contributed by atoms with Crippen LogP contribution in [0.4, 0.5) is 0 Å². The summed E-state index contributed by atoms with van der Waals surface area (Å²) >= 11 is 9.50. The summed E-state index contributed by atoms with van der Waals surface area (Å²) in [5, 5.41) is 1.55. The Labute approximate surface area is 121 Å². The number of carbonyl (C=O) groups is 1. The number of aryl methyl sites for hydroxylation is 1. The Kier molecular flexibility index (Phi) is 4.33. The van der Waals surface area contributed by atoms with Crippen LogP contribution in [-0.4, -0.2) is 28.7 Å². The molecule has 2 rings (SSSR count). The molecule has 2 unspecified atom stereocenters. The average Bonchev–Trinajstić information content (AvgIpc) is 2.73. The highest BCUT2D eigenvalue weighted by molar-refractivity contribution is 9.09. The molecule has 0 saturated carbocycles. The van der Waals surface area contributed by atoms with E-state index in [0.717, 1.165) is 29.4 Å². The number of hydrogen-bond donors (Lipinski definition) is 0. The molecular formula is C14H17BrClNO. The van der Waals surface area contributed by atoms with E-state index in [-0.39, 0.29) is 5.91 Å². The van der Waals surface area contributed by atoms with E-state index in [0.29, 0.717) is 17.0 Å². The van der Waals surface area contributed by atoms with E-state index >= 15 is 0 Å². The lowest BCUT2D eigenvalue weighted by Crippen LogP contribution is -2.38. The van der Waals surface area contributed by atoms with Crippen molar-refractivity contribution in [1.82, 2.24) is 4.90 Å². The lowest BCUT2D eigenvalue weighted by atomic mass is 10.0. The zero-order chi connectivity index (χ0) is 13.3. The van der Waals surface area contributed by atoms with Crippen LogP contribution in [0.2, 0.25) is 5.02 Å². The smallest absolute Gasteiger partial charge is 0.254 e. The van der Waals surface area contributed by atoms with Gasteiger partial charge in [-0.15, -0.1) is 0 Å². The molecule has 0 aliphatic carbocycles. The summed E-state index contributed by atoms with van der Waals surface area (Å²) in [6.07, 6.45) is 1.08.